The molecule has 0 fully saturated rings. The van der Waals surface area contributed by atoms with Gasteiger partial charge in [0.1, 0.15) is 11.5 Å². The number of benzene rings is 1. The maximum atomic E-state index is 11.6. The summed E-state index contributed by atoms with van der Waals surface area (Å²) in [4.78, 5) is 11.6. The van der Waals surface area contributed by atoms with Crippen LogP contribution in [-0.2, 0) is 11.3 Å². The summed E-state index contributed by atoms with van der Waals surface area (Å²) < 4.78 is 6.80. The molecule has 1 aromatic carbocycles. The van der Waals surface area contributed by atoms with Gasteiger partial charge in [-0.1, -0.05) is 41.9 Å². The van der Waals surface area contributed by atoms with Crippen molar-refractivity contribution in [3.8, 4) is 11.3 Å². The lowest BCUT2D eigenvalue weighted by atomic mass is 10.1. The van der Waals surface area contributed by atoms with Crippen LogP contribution in [0.1, 0.15) is 26.0 Å². The van der Waals surface area contributed by atoms with Crippen molar-refractivity contribution in [2.75, 3.05) is 0 Å². The largest absolute Gasteiger partial charge is 0.459 e. The second-order valence-corrected chi connectivity index (χ2v) is 6.93. The van der Waals surface area contributed by atoms with Gasteiger partial charge in [-0.15, -0.1) is 0 Å². The fourth-order valence-electron chi connectivity index (χ4n) is 2.00. The van der Waals surface area contributed by atoms with Crippen LogP contribution < -0.4 is 10.6 Å². The first-order chi connectivity index (χ1) is 10.9. The minimum Gasteiger partial charge on any atom is -0.459 e. The number of hydrogen-bond acceptors (Lipinski definition) is 3. The quantitative estimate of drug-likeness (QED) is 0.744. The van der Waals surface area contributed by atoms with Gasteiger partial charge in [0.05, 0.1) is 6.54 Å². The maximum Gasteiger partial charge on any atom is 0.226 e. The summed E-state index contributed by atoms with van der Waals surface area (Å²) >= 11 is 8.52. The van der Waals surface area contributed by atoms with Gasteiger partial charge >= 0.3 is 0 Å². The van der Waals surface area contributed by atoms with Gasteiger partial charge in [0, 0.05) is 16.5 Å². The first-order valence-corrected chi connectivity index (χ1v) is 8.56. The zero-order chi connectivity index (χ0) is 16.8. The molecule has 2 N–H and O–H groups in total. The molecule has 1 amide bonds. The highest BCUT2D eigenvalue weighted by molar-refractivity contribution is 9.10. The standard InChI is InChI=1S/C17H19BrN2O2S/c1-11(2)9-16(21)20-17(23)19-10-14-7-8-15(22-14)12-3-5-13(18)6-4-12/h3-8,11H,9-10H2,1-2H3,(H2,19,20,21,23). The molecule has 0 radical (unpaired) electrons. The average Bonchev–Trinajstić information content (AvgIpc) is 2.94. The molecule has 2 rings (SSSR count). The third-order valence-corrected chi connectivity index (χ3v) is 3.84. The van der Waals surface area contributed by atoms with Gasteiger partial charge in [-0.2, -0.15) is 0 Å². The van der Waals surface area contributed by atoms with Crippen molar-refractivity contribution in [3.05, 3.63) is 46.6 Å². The Bertz CT molecular complexity index is 680. The van der Waals surface area contributed by atoms with Crippen LogP contribution in [-0.4, -0.2) is 11.0 Å². The lowest BCUT2D eigenvalue weighted by Crippen LogP contribution is -2.39. The minimum absolute atomic E-state index is 0.0764. The van der Waals surface area contributed by atoms with Gasteiger partial charge < -0.3 is 15.1 Å². The van der Waals surface area contributed by atoms with Crippen LogP contribution in [0.5, 0.6) is 0 Å². The number of rotatable bonds is 5. The van der Waals surface area contributed by atoms with Gasteiger partial charge in [0.25, 0.3) is 0 Å². The summed E-state index contributed by atoms with van der Waals surface area (Å²) in [5.41, 5.74) is 1.01. The van der Waals surface area contributed by atoms with E-state index in [2.05, 4.69) is 26.6 Å². The van der Waals surface area contributed by atoms with E-state index in [1.807, 2.05) is 50.2 Å². The van der Waals surface area contributed by atoms with E-state index < -0.39 is 0 Å². The zero-order valence-corrected chi connectivity index (χ0v) is 15.5. The number of thiocarbonyl (C=S) groups is 1. The van der Waals surface area contributed by atoms with Gasteiger partial charge in [0.15, 0.2) is 5.11 Å². The molecule has 0 saturated carbocycles. The highest BCUT2D eigenvalue weighted by Gasteiger charge is 2.08. The molecule has 0 aliphatic carbocycles. The molecule has 4 nitrogen and oxygen atoms in total. The zero-order valence-electron chi connectivity index (χ0n) is 13.1. The van der Waals surface area contributed by atoms with Crippen LogP contribution in [0.2, 0.25) is 0 Å². The predicted molar refractivity (Wildman–Crippen MR) is 98.9 cm³/mol. The van der Waals surface area contributed by atoms with Crippen LogP contribution in [0.4, 0.5) is 0 Å². The van der Waals surface area contributed by atoms with Crippen molar-refractivity contribution in [2.45, 2.75) is 26.8 Å². The summed E-state index contributed by atoms with van der Waals surface area (Å²) in [5, 5.41) is 5.95. The molecule has 0 spiro atoms. The van der Waals surface area contributed by atoms with Crippen molar-refractivity contribution >= 4 is 39.2 Å². The lowest BCUT2D eigenvalue weighted by molar-refractivity contribution is -0.120. The Labute approximate surface area is 149 Å². The molecule has 2 aromatic rings. The van der Waals surface area contributed by atoms with Crippen LogP contribution >= 0.6 is 28.1 Å². The summed E-state index contributed by atoms with van der Waals surface area (Å²) in [6, 6.07) is 11.7. The fourth-order valence-corrected chi connectivity index (χ4v) is 2.45. The molecular weight excluding hydrogens is 376 g/mol. The first kappa shape index (κ1) is 17.7. The van der Waals surface area contributed by atoms with Crippen molar-refractivity contribution in [2.24, 2.45) is 5.92 Å². The number of halogens is 1. The van der Waals surface area contributed by atoms with Crippen LogP contribution in [0.3, 0.4) is 0 Å². The summed E-state index contributed by atoms with van der Waals surface area (Å²) in [6.45, 7) is 4.41. The summed E-state index contributed by atoms with van der Waals surface area (Å²) in [6.07, 6.45) is 0.455. The number of nitrogens with one attached hydrogen (secondary N) is 2. The second kappa shape index (κ2) is 8.26. The van der Waals surface area contributed by atoms with E-state index in [0.29, 0.717) is 24.0 Å². The van der Waals surface area contributed by atoms with Crippen molar-refractivity contribution < 1.29 is 9.21 Å². The van der Waals surface area contributed by atoms with Crippen LogP contribution in [0.25, 0.3) is 11.3 Å². The summed E-state index contributed by atoms with van der Waals surface area (Å²) in [7, 11) is 0. The average molecular weight is 395 g/mol. The topological polar surface area (TPSA) is 54.3 Å². The van der Waals surface area contributed by atoms with Gasteiger partial charge in [-0.25, -0.2) is 0 Å². The Morgan fingerprint density at radius 1 is 1.22 bits per heavy atom. The number of carbonyl (C=O) groups is 1. The molecule has 6 heteroatoms. The van der Waals surface area contributed by atoms with Gasteiger partial charge in [0.2, 0.25) is 5.91 Å². The Morgan fingerprint density at radius 3 is 2.57 bits per heavy atom. The van der Waals surface area contributed by atoms with Crippen LogP contribution in [0, 0.1) is 5.92 Å². The smallest absolute Gasteiger partial charge is 0.226 e. The first-order valence-electron chi connectivity index (χ1n) is 7.36. The molecule has 23 heavy (non-hydrogen) atoms. The SMILES string of the molecule is CC(C)CC(=O)NC(=S)NCc1ccc(-c2ccc(Br)cc2)o1. The molecule has 0 aliphatic rings. The van der Waals surface area contributed by atoms with Crippen molar-refractivity contribution in [1.82, 2.24) is 10.6 Å². The number of hydrogen-bond donors (Lipinski definition) is 2. The maximum absolute atomic E-state index is 11.6. The second-order valence-electron chi connectivity index (χ2n) is 5.60. The van der Waals surface area contributed by atoms with E-state index in [0.717, 1.165) is 21.6 Å². The van der Waals surface area contributed by atoms with E-state index in [1.165, 1.54) is 0 Å². The Hall–Kier alpha value is -1.66. The predicted octanol–water partition coefficient (Wildman–Crippen LogP) is 4.25. The number of carbonyl (C=O) groups excluding carboxylic acids is 1. The fraction of sp³-hybridized carbons (Fsp3) is 0.294. The molecule has 1 aromatic heterocycles. The highest BCUT2D eigenvalue weighted by Crippen LogP contribution is 2.23. The third kappa shape index (κ3) is 5.80. The molecule has 1 heterocycles. The van der Waals surface area contributed by atoms with E-state index in [9.17, 15) is 4.79 Å². The monoisotopic (exact) mass is 394 g/mol. The highest BCUT2D eigenvalue weighted by atomic mass is 79.9. The van der Waals surface area contributed by atoms with E-state index in [4.69, 9.17) is 16.6 Å². The molecule has 0 saturated heterocycles. The minimum atomic E-state index is -0.0764. The number of furan rings is 1. The molecule has 122 valence electrons. The summed E-state index contributed by atoms with van der Waals surface area (Å²) in [5.74, 6) is 1.77. The molecule has 0 unspecified atom stereocenters. The normalized spacial score (nSPS) is 10.6. The molecular formula is C17H19BrN2O2S. The molecule has 0 aliphatic heterocycles. The Morgan fingerprint density at radius 2 is 1.91 bits per heavy atom. The number of amides is 1. The van der Waals surface area contributed by atoms with Gasteiger partial charge in [-0.3, -0.25) is 4.79 Å². The van der Waals surface area contributed by atoms with Crippen molar-refractivity contribution in [3.63, 3.8) is 0 Å². The molecule has 0 atom stereocenters. The van der Waals surface area contributed by atoms with E-state index in [1.54, 1.807) is 0 Å². The van der Waals surface area contributed by atoms with Gasteiger partial charge in [-0.05, 0) is 42.4 Å². The Kier molecular flexibility index (Phi) is 6.36. The molecule has 0 bridgehead atoms. The Balaban J connectivity index is 1.86. The third-order valence-electron chi connectivity index (χ3n) is 3.06. The van der Waals surface area contributed by atoms with E-state index in [-0.39, 0.29) is 5.91 Å². The lowest BCUT2D eigenvalue weighted by Gasteiger charge is -2.09. The van der Waals surface area contributed by atoms with Crippen molar-refractivity contribution in [1.29, 1.82) is 0 Å². The van der Waals surface area contributed by atoms with E-state index >= 15 is 0 Å². The van der Waals surface area contributed by atoms with Crippen LogP contribution in [0.15, 0.2) is 45.3 Å².